The molecular weight excluding hydrogens is 254 g/mol. The molecule has 2 aliphatic rings. The zero-order chi connectivity index (χ0) is 14.3. The highest BCUT2D eigenvalue weighted by Crippen LogP contribution is 2.46. The van der Waals surface area contributed by atoms with Gasteiger partial charge in [0.2, 0.25) is 0 Å². The van der Waals surface area contributed by atoms with Crippen LogP contribution in [0.5, 0.6) is 0 Å². The number of carbonyl (C=O) groups is 1. The third kappa shape index (κ3) is 2.96. The molecule has 0 aromatic heterocycles. The Hall–Kier alpha value is -1.55. The molecule has 20 heavy (non-hydrogen) atoms. The van der Waals surface area contributed by atoms with Crippen LogP contribution < -0.4 is 5.32 Å². The van der Waals surface area contributed by atoms with Crippen molar-refractivity contribution in [2.24, 2.45) is 0 Å². The van der Waals surface area contributed by atoms with Gasteiger partial charge in [-0.1, -0.05) is 6.07 Å². The van der Waals surface area contributed by atoms with Crippen molar-refractivity contribution in [1.29, 1.82) is 0 Å². The van der Waals surface area contributed by atoms with Gasteiger partial charge in [-0.05, 0) is 63.3 Å². The number of benzene rings is 1. The molecule has 108 valence electrons. The van der Waals surface area contributed by atoms with Crippen LogP contribution in [-0.4, -0.2) is 17.8 Å². The van der Waals surface area contributed by atoms with Crippen LogP contribution in [0.4, 0.5) is 10.5 Å². The van der Waals surface area contributed by atoms with Crippen molar-refractivity contribution >= 4 is 11.8 Å². The SMILES string of the molecule is CC(C)(C)OC(=O)Nc1ccc2c(c1)C1OC1CCC2. The fraction of sp³-hybridized carbons (Fsp3) is 0.562. The fourth-order valence-electron chi connectivity index (χ4n) is 2.72. The Morgan fingerprint density at radius 2 is 2.20 bits per heavy atom. The van der Waals surface area contributed by atoms with E-state index in [1.165, 1.54) is 17.5 Å². The molecule has 0 spiro atoms. The number of fused-ring (bicyclic) bond motifs is 3. The summed E-state index contributed by atoms with van der Waals surface area (Å²) in [7, 11) is 0. The van der Waals surface area contributed by atoms with Crippen LogP contribution in [0, 0.1) is 0 Å². The van der Waals surface area contributed by atoms with E-state index in [0.717, 1.165) is 18.5 Å². The lowest BCUT2D eigenvalue weighted by atomic mass is 10.0. The number of nitrogens with one attached hydrogen (secondary N) is 1. The normalized spacial score (nSPS) is 24.1. The zero-order valence-electron chi connectivity index (χ0n) is 12.2. The zero-order valence-corrected chi connectivity index (χ0v) is 12.2. The Balaban J connectivity index is 1.74. The predicted octanol–water partition coefficient (Wildman–Crippen LogP) is 3.81. The van der Waals surface area contributed by atoms with Gasteiger partial charge in [-0.25, -0.2) is 4.79 Å². The topological polar surface area (TPSA) is 50.9 Å². The standard InChI is InChI=1S/C16H21NO3/c1-16(2,3)20-15(18)17-11-8-7-10-5-4-6-13-14(19-13)12(10)9-11/h7-9,13-14H,4-6H2,1-3H3,(H,17,18). The average molecular weight is 275 g/mol. The number of carbonyl (C=O) groups excluding carboxylic acids is 1. The molecule has 1 fully saturated rings. The Morgan fingerprint density at radius 3 is 2.95 bits per heavy atom. The van der Waals surface area contributed by atoms with E-state index in [1.54, 1.807) is 0 Å². The van der Waals surface area contributed by atoms with E-state index in [1.807, 2.05) is 32.9 Å². The highest BCUT2D eigenvalue weighted by molar-refractivity contribution is 5.85. The average Bonchev–Trinajstić information content (AvgIpc) is 3.06. The summed E-state index contributed by atoms with van der Waals surface area (Å²) in [6.45, 7) is 5.56. The fourth-order valence-corrected chi connectivity index (χ4v) is 2.72. The first-order valence-corrected chi connectivity index (χ1v) is 7.21. The Morgan fingerprint density at radius 1 is 1.40 bits per heavy atom. The van der Waals surface area contributed by atoms with E-state index >= 15 is 0 Å². The van der Waals surface area contributed by atoms with E-state index in [0.29, 0.717) is 6.10 Å². The summed E-state index contributed by atoms with van der Waals surface area (Å²) in [6, 6.07) is 6.05. The molecule has 2 unspecified atom stereocenters. The van der Waals surface area contributed by atoms with E-state index < -0.39 is 11.7 Å². The van der Waals surface area contributed by atoms with Crippen LogP contribution in [0.1, 0.15) is 50.8 Å². The second-order valence-corrected chi connectivity index (χ2v) is 6.53. The van der Waals surface area contributed by atoms with Gasteiger partial charge in [0.15, 0.2) is 0 Å². The quantitative estimate of drug-likeness (QED) is 0.793. The molecule has 1 heterocycles. The number of anilines is 1. The van der Waals surface area contributed by atoms with E-state index in [2.05, 4.69) is 11.4 Å². The van der Waals surface area contributed by atoms with Crippen LogP contribution in [0.3, 0.4) is 0 Å². The molecule has 0 saturated carbocycles. The number of amides is 1. The molecule has 1 aliphatic heterocycles. The minimum Gasteiger partial charge on any atom is -0.444 e. The molecule has 1 aromatic carbocycles. The highest BCUT2D eigenvalue weighted by Gasteiger charge is 2.42. The monoisotopic (exact) mass is 275 g/mol. The number of rotatable bonds is 1. The van der Waals surface area contributed by atoms with Gasteiger partial charge in [-0.15, -0.1) is 0 Å². The van der Waals surface area contributed by atoms with Crippen molar-refractivity contribution in [3.05, 3.63) is 29.3 Å². The Labute approximate surface area is 119 Å². The molecule has 1 aromatic rings. The summed E-state index contributed by atoms with van der Waals surface area (Å²) in [5, 5.41) is 2.79. The van der Waals surface area contributed by atoms with Gasteiger partial charge in [0.1, 0.15) is 11.7 Å². The van der Waals surface area contributed by atoms with Gasteiger partial charge in [0.05, 0.1) is 6.10 Å². The smallest absolute Gasteiger partial charge is 0.412 e. The Bertz CT molecular complexity index is 533. The lowest BCUT2D eigenvalue weighted by Crippen LogP contribution is -2.27. The highest BCUT2D eigenvalue weighted by atomic mass is 16.6. The molecule has 4 heteroatoms. The minimum absolute atomic E-state index is 0.230. The van der Waals surface area contributed by atoms with Gasteiger partial charge < -0.3 is 9.47 Å². The maximum Gasteiger partial charge on any atom is 0.412 e. The van der Waals surface area contributed by atoms with E-state index in [4.69, 9.17) is 9.47 Å². The van der Waals surface area contributed by atoms with Crippen LogP contribution in [-0.2, 0) is 15.9 Å². The van der Waals surface area contributed by atoms with Crippen molar-refractivity contribution in [2.45, 2.75) is 57.8 Å². The van der Waals surface area contributed by atoms with Crippen LogP contribution in [0.2, 0.25) is 0 Å². The van der Waals surface area contributed by atoms with Crippen molar-refractivity contribution in [2.75, 3.05) is 5.32 Å². The number of aryl methyl sites for hydroxylation is 1. The summed E-state index contributed by atoms with van der Waals surface area (Å²) in [6.07, 6.45) is 3.60. The van der Waals surface area contributed by atoms with E-state index in [-0.39, 0.29) is 6.10 Å². The second-order valence-electron chi connectivity index (χ2n) is 6.53. The first-order valence-electron chi connectivity index (χ1n) is 7.21. The molecule has 4 nitrogen and oxygen atoms in total. The molecule has 0 radical (unpaired) electrons. The Kier molecular flexibility index (Phi) is 3.21. The number of epoxide rings is 1. The number of hydrogen-bond acceptors (Lipinski definition) is 3. The maximum absolute atomic E-state index is 11.8. The molecular formula is C16H21NO3. The molecule has 1 saturated heterocycles. The summed E-state index contributed by atoms with van der Waals surface area (Å²) in [5.74, 6) is 0. The summed E-state index contributed by atoms with van der Waals surface area (Å²) < 4.78 is 10.9. The van der Waals surface area contributed by atoms with E-state index in [9.17, 15) is 4.79 Å². The molecule has 1 amide bonds. The first kappa shape index (κ1) is 13.4. The largest absolute Gasteiger partial charge is 0.444 e. The van der Waals surface area contributed by atoms with Crippen molar-refractivity contribution < 1.29 is 14.3 Å². The maximum atomic E-state index is 11.8. The number of ether oxygens (including phenoxy) is 2. The molecule has 0 bridgehead atoms. The third-order valence-electron chi connectivity index (χ3n) is 3.61. The molecule has 3 rings (SSSR count). The number of hydrogen-bond donors (Lipinski definition) is 1. The van der Waals surface area contributed by atoms with Gasteiger partial charge in [0, 0.05) is 5.69 Å². The molecule has 1 N–H and O–H groups in total. The molecule has 1 aliphatic carbocycles. The lowest BCUT2D eigenvalue weighted by Gasteiger charge is -2.20. The van der Waals surface area contributed by atoms with Crippen LogP contribution in [0.25, 0.3) is 0 Å². The minimum atomic E-state index is -0.486. The van der Waals surface area contributed by atoms with Gasteiger partial charge in [-0.3, -0.25) is 5.32 Å². The van der Waals surface area contributed by atoms with Crippen LogP contribution >= 0.6 is 0 Å². The van der Waals surface area contributed by atoms with Gasteiger partial charge in [-0.2, -0.15) is 0 Å². The molecule has 2 atom stereocenters. The van der Waals surface area contributed by atoms with Crippen molar-refractivity contribution in [3.8, 4) is 0 Å². The summed E-state index contributed by atoms with van der Waals surface area (Å²) in [4.78, 5) is 11.8. The lowest BCUT2D eigenvalue weighted by molar-refractivity contribution is 0.0636. The predicted molar refractivity (Wildman–Crippen MR) is 76.9 cm³/mol. The third-order valence-corrected chi connectivity index (χ3v) is 3.61. The second kappa shape index (κ2) is 4.77. The van der Waals surface area contributed by atoms with Gasteiger partial charge in [0.25, 0.3) is 0 Å². The van der Waals surface area contributed by atoms with Crippen molar-refractivity contribution in [1.82, 2.24) is 0 Å². The van der Waals surface area contributed by atoms with Gasteiger partial charge >= 0.3 is 6.09 Å². The van der Waals surface area contributed by atoms with Crippen LogP contribution in [0.15, 0.2) is 18.2 Å². The summed E-state index contributed by atoms with van der Waals surface area (Å²) >= 11 is 0. The summed E-state index contributed by atoms with van der Waals surface area (Å²) in [5.41, 5.74) is 2.85. The first-order chi connectivity index (χ1) is 9.42. The van der Waals surface area contributed by atoms with Crippen molar-refractivity contribution in [3.63, 3.8) is 0 Å².